The Hall–Kier alpha value is -3.11. The summed E-state index contributed by atoms with van der Waals surface area (Å²) in [6, 6.07) is 2.49. The molecule has 0 spiro atoms. The fourth-order valence-electron chi connectivity index (χ4n) is 6.96. The van der Waals surface area contributed by atoms with Crippen molar-refractivity contribution in [3.63, 3.8) is 0 Å². The number of likely N-dealkylation sites (N-methyl/N-ethyl adjacent to an activating group) is 1. The van der Waals surface area contributed by atoms with Gasteiger partial charge in [-0.05, 0) is 63.7 Å². The highest BCUT2D eigenvalue weighted by Gasteiger charge is 2.69. The number of carbonyl (C=O) groups is 5. The molecule has 1 saturated heterocycles. The Morgan fingerprint density at radius 3 is 2.36 bits per heavy atom. The molecule has 3 fully saturated rings. The number of aromatic hydroxyl groups is 1. The third-order valence-electron chi connectivity index (χ3n) is 8.61. The summed E-state index contributed by atoms with van der Waals surface area (Å²) in [5.74, 6) is -10.1. The minimum absolute atomic E-state index is 0.0460. The maximum atomic E-state index is 13.8. The summed E-state index contributed by atoms with van der Waals surface area (Å²) in [6.45, 7) is 1.49. The van der Waals surface area contributed by atoms with Gasteiger partial charge in [0, 0.05) is 19.0 Å². The molecule has 2 saturated carbocycles. The van der Waals surface area contributed by atoms with E-state index in [4.69, 9.17) is 5.73 Å². The molecule has 192 valence electrons. The van der Waals surface area contributed by atoms with Crippen molar-refractivity contribution >= 4 is 34.7 Å². The number of phenolic OH excluding ortho intramolecular Hbond substituents is 1. The maximum Gasteiger partial charge on any atom is 0.235 e. The van der Waals surface area contributed by atoms with Gasteiger partial charge >= 0.3 is 0 Å². The fraction of sp³-hybridized carbons (Fsp3) is 0.577. The predicted octanol–water partition coefficient (Wildman–Crippen LogP) is -0.143. The zero-order chi connectivity index (χ0) is 26.1. The Morgan fingerprint density at radius 2 is 1.75 bits per heavy atom. The molecule has 4 N–H and O–H groups in total. The lowest BCUT2D eigenvalue weighted by Gasteiger charge is -2.52. The SMILES string of the molecule is CN(C)C1C(=O)C(C(N)=O)C(=O)C2(O)C(=O)C3C(=O)c4c(ccc(N5CCCCC5)c4O)CC3CC12. The van der Waals surface area contributed by atoms with E-state index in [-0.39, 0.29) is 24.2 Å². The van der Waals surface area contributed by atoms with E-state index in [2.05, 4.69) is 0 Å². The summed E-state index contributed by atoms with van der Waals surface area (Å²) in [4.78, 5) is 69.5. The maximum absolute atomic E-state index is 13.8. The van der Waals surface area contributed by atoms with Crippen LogP contribution >= 0.6 is 0 Å². The molecular formula is C26H31N3O7. The second-order valence-corrected chi connectivity index (χ2v) is 10.8. The molecule has 1 aliphatic heterocycles. The van der Waals surface area contributed by atoms with Gasteiger partial charge in [-0.25, -0.2) is 0 Å². The number of carbonyl (C=O) groups excluding carboxylic acids is 5. The number of anilines is 1. The summed E-state index contributed by atoms with van der Waals surface area (Å²) < 4.78 is 0. The van der Waals surface area contributed by atoms with E-state index in [0.717, 1.165) is 32.4 Å². The Kier molecular flexibility index (Phi) is 5.79. The van der Waals surface area contributed by atoms with Gasteiger partial charge in [0.25, 0.3) is 0 Å². The Morgan fingerprint density at radius 1 is 1.08 bits per heavy atom. The van der Waals surface area contributed by atoms with Crippen molar-refractivity contribution in [3.05, 3.63) is 23.3 Å². The molecule has 6 unspecified atom stereocenters. The summed E-state index contributed by atoms with van der Waals surface area (Å²) >= 11 is 0. The average Bonchev–Trinajstić information content (AvgIpc) is 2.81. The number of fused-ring (bicyclic) bond motifs is 3. The van der Waals surface area contributed by atoms with E-state index >= 15 is 0 Å². The van der Waals surface area contributed by atoms with Crippen molar-refractivity contribution in [2.75, 3.05) is 32.1 Å². The Balaban J connectivity index is 1.59. The number of phenols is 1. The number of primary amides is 1. The van der Waals surface area contributed by atoms with Crippen molar-refractivity contribution in [2.24, 2.45) is 29.4 Å². The van der Waals surface area contributed by atoms with Crippen LogP contribution in [0.4, 0.5) is 5.69 Å². The van der Waals surface area contributed by atoms with Crippen LogP contribution in [0.5, 0.6) is 5.75 Å². The van der Waals surface area contributed by atoms with Crippen LogP contribution in [0.2, 0.25) is 0 Å². The molecule has 5 rings (SSSR count). The summed E-state index contributed by atoms with van der Waals surface area (Å²) in [7, 11) is 3.13. The van der Waals surface area contributed by atoms with Crippen LogP contribution in [0.25, 0.3) is 0 Å². The number of nitrogens with zero attached hydrogens (tertiary/aromatic N) is 2. The third kappa shape index (κ3) is 3.27. The zero-order valence-electron chi connectivity index (χ0n) is 20.4. The number of Topliss-reactive ketones (excluding diaryl/α,β-unsaturated/α-hetero) is 4. The smallest absolute Gasteiger partial charge is 0.235 e. The highest BCUT2D eigenvalue weighted by molar-refractivity contribution is 6.32. The number of piperidine rings is 1. The number of nitrogens with two attached hydrogens (primary N) is 1. The van der Waals surface area contributed by atoms with Crippen LogP contribution in [0.3, 0.4) is 0 Å². The Bertz CT molecular complexity index is 1190. The number of amides is 1. The molecule has 4 aliphatic rings. The number of hydrogen-bond donors (Lipinski definition) is 3. The highest BCUT2D eigenvalue weighted by Crippen LogP contribution is 2.51. The van der Waals surface area contributed by atoms with E-state index in [1.165, 1.54) is 4.90 Å². The Labute approximate surface area is 208 Å². The van der Waals surface area contributed by atoms with Gasteiger partial charge in [0.2, 0.25) is 5.91 Å². The monoisotopic (exact) mass is 497 g/mol. The van der Waals surface area contributed by atoms with Gasteiger partial charge in [0.05, 0.1) is 23.2 Å². The number of benzene rings is 1. The normalized spacial score (nSPS) is 34.3. The van der Waals surface area contributed by atoms with Crippen LogP contribution in [-0.2, 0) is 25.6 Å². The minimum Gasteiger partial charge on any atom is -0.505 e. The first-order valence-electron chi connectivity index (χ1n) is 12.4. The van der Waals surface area contributed by atoms with Gasteiger partial charge in [-0.15, -0.1) is 0 Å². The van der Waals surface area contributed by atoms with Gasteiger partial charge in [0.1, 0.15) is 5.75 Å². The largest absolute Gasteiger partial charge is 0.505 e. The first-order valence-corrected chi connectivity index (χ1v) is 12.4. The van der Waals surface area contributed by atoms with Crippen LogP contribution in [0.1, 0.15) is 41.6 Å². The van der Waals surface area contributed by atoms with E-state index < -0.39 is 64.4 Å². The molecule has 1 heterocycles. The van der Waals surface area contributed by atoms with Gasteiger partial charge < -0.3 is 20.8 Å². The average molecular weight is 498 g/mol. The van der Waals surface area contributed by atoms with Crippen LogP contribution in [0.15, 0.2) is 12.1 Å². The topological polar surface area (TPSA) is 158 Å². The van der Waals surface area contributed by atoms with Crippen LogP contribution in [-0.4, -0.2) is 83.0 Å². The molecule has 1 amide bonds. The third-order valence-corrected chi connectivity index (χ3v) is 8.61. The molecule has 0 bridgehead atoms. The van der Waals surface area contributed by atoms with Gasteiger partial charge in [-0.1, -0.05) is 6.07 Å². The fourth-order valence-corrected chi connectivity index (χ4v) is 6.96. The quantitative estimate of drug-likeness (QED) is 0.483. The van der Waals surface area contributed by atoms with Crippen molar-refractivity contribution in [2.45, 2.75) is 43.7 Å². The lowest BCUT2D eigenvalue weighted by molar-refractivity contribution is -0.181. The molecular weight excluding hydrogens is 466 g/mol. The zero-order valence-corrected chi connectivity index (χ0v) is 20.4. The van der Waals surface area contributed by atoms with Gasteiger partial charge in [0.15, 0.2) is 34.7 Å². The molecule has 0 aromatic heterocycles. The van der Waals surface area contributed by atoms with Crippen molar-refractivity contribution < 1.29 is 34.2 Å². The molecule has 0 radical (unpaired) electrons. The van der Waals surface area contributed by atoms with E-state index in [0.29, 0.717) is 11.3 Å². The first kappa shape index (κ1) is 24.6. The molecule has 10 nitrogen and oxygen atoms in total. The highest BCUT2D eigenvalue weighted by atomic mass is 16.3. The minimum atomic E-state index is -2.70. The summed E-state index contributed by atoms with van der Waals surface area (Å²) in [5, 5.41) is 22.7. The van der Waals surface area contributed by atoms with Crippen molar-refractivity contribution in [1.29, 1.82) is 0 Å². The second kappa shape index (κ2) is 8.48. The van der Waals surface area contributed by atoms with Crippen LogP contribution in [0, 0.1) is 23.7 Å². The predicted molar refractivity (Wildman–Crippen MR) is 127 cm³/mol. The number of ketones is 4. The molecule has 10 heteroatoms. The van der Waals surface area contributed by atoms with E-state index in [9.17, 15) is 34.2 Å². The molecule has 36 heavy (non-hydrogen) atoms. The van der Waals surface area contributed by atoms with Crippen molar-refractivity contribution in [1.82, 2.24) is 4.90 Å². The lowest BCUT2D eigenvalue weighted by Crippen LogP contribution is -2.74. The number of aliphatic hydroxyl groups is 1. The van der Waals surface area contributed by atoms with Gasteiger partial charge in [-0.3, -0.25) is 28.9 Å². The molecule has 3 aliphatic carbocycles. The van der Waals surface area contributed by atoms with E-state index in [1.54, 1.807) is 26.2 Å². The first-order chi connectivity index (χ1) is 17.0. The number of hydrogen-bond acceptors (Lipinski definition) is 9. The molecule has 6 atom stereocenters. The number of rotatable bonds is 3. The second-order valence-electron chi connectivity index (χ2n) is 10.8. The standard InChI is InChI=1S/C26H31N3O7/c1-28(2)19-14-11-13-10-12-6-7-15(29-8-4-3-5-9-29)20(30)16(12)21(31)17(13)23(33)26(14,36)24(34)18(22(19)32)25(27)35/h6-7,13-14,17-19,30,36H,3-5,8-11H2,1-2H3,(H2,27,35). The lowest BCUT2D eigenvalue weighted by atomic mass is 9.52. The summed E-state index contributed by atoms with van der Waals surface area (Å²) in [5.41, 5.74) is 3.82. The van der Waals surface area contributed by atoms with Crippen LogP contribution < -0.4 is 10.6 Å². The summed E-state index contributed by atoms with van der Waals surface area (Å²) in [6.07, 6.45) is 3.36. The van der Waals surface area contributed by atoms with Gasteiger partial charge in [-0.2, -0.15) is 0 Å². The van der Waals surface area contributed by atoms with Crippen molar-refractivity contribution in [3.8, 4) is 5.75 Å². The molecule has 1 aromatic carbocycles. The molecule has 1 aromatic rings. The van der Waals surface area contributed by atoms with E-state index in [1.807, 2.05) is 4.90 Å².